The van der Waals surface area contributed by atoms with Gasteiger partial charge in [-0.25, -0.2) is 5.43 Å². The summed E-state index contributed by atoms with van der Waals surface area (Å²) in [5.41, 5.74) is 5.02. The highest BCUT2D eigenvalue weighted by Gasteiger charge is 2.23. The molecule has 0 aromatic heterocycles. The van der Waals surface area contributed by atoms with Crippen molar-refractivity contribution in [3.8, 4) is 11.5 Å². The summed E-state index contributed by atoms with van der Waals surface area (Å²) in [5.74, 6) is 7.47. The third-order valence-corrected chi connectivity index (χ3v) is 3.63. The van der Waals surface area contributed by atoms with Crippen molar-refractivity contribution in [1.82, 2.24) is 5.43 Å². The molecule has 0 spiro atoms. The van der Waals surface area contributed by atoms with Crippen molar-refractivity contribution in [2.45, 2.75) is 25.0 Å². The van der Waals surface area contributed by atoms with E-state index >= 15 is 0 Å². The first-order chi connectivity index (χ1) is 10.3. The maximum absolute atomic E-state index is 5.76. The zero-order chi connectivity index (χ0) is 14.7. The van der Waals surface area contributed by atoms with Gasteiger partial charge in [0.05, 0.1) is 19.3 Å². The van der Waals surface area contributed by atoms with Crippen molar-refractivity contribution < 1.29 is 9.47 Å². The summed E-state index contributed by atoms with van der Waals surface area (Å²) in [5, 5.41) is 0. The summed E-state index contributed by atoms with van der Waals surface area (Å²) in [6.45, 7) is 0. The Balaban J connectivity index is 1.80. The van der Waals surface area contributed by atoms with Crippen LogP contribution < -0.4 is 20.7 Å². The van der Waals surface area contributed by atoms with Crippen LogP contribution in [-0.2, 0) is 0 Å². The zero-order valence-electron chi connectivity index (χ0n) is 12.1. The monoisotopic (exact) mass is 284 g/mol. The maximum atomic E-state index is 5.76. The van der Waals surface area contributed by atoms with E-state index < -0.39 is 0 Å². The predicted octanol–water partition coefficient (Wildman–Crippen LogP) is 2.79. The summed E-state index contributed by atoms with van der Waals surface area (Å²) in [4.78, 5) is 0. The van der Waals surface area contributed by atoms with Gasteiger partial charge in [-0.15, -0.1) is 0 Å². The van der Waals surface area contributed by atoms with Crippen LogP contribution >= 0.6 is 0 Å². The van der Waals surface area contributed by atoms with E-state index in [-0.39, 0.29) is 6.04 Å². The number of benzene rings is 2. The molecule has 0 aliphatic heterocycles. The van der Waals surface area contributed by atoms with E-state index in [1.165, 1.54) is 12.8 Å². The van der Waals surface area contributed by atoms with Crippen LogP contribution in [0.4, 0.5) is 0 Å². The smallest absolute Gasteiger partial charge is 0.119 e. The van der Waals surface area contributed by atoms with E-state index in [1.54, 1.807) is 7.11 Å². The molecule has 0 heterocycles. The molecule has 2 aromatic rings. The first kappa shape index (κ1) is 13.9. The van der Waals surface area contributed by atoms with Crippen molar-refractivity contribution in [2.75, 3.05) is 7.11 Å². The Kier molecular flexibility index (Phi) is 4.08. The van der Waals surface area contributed by atoms with Crippen LogP contribution in [0, 0.1) is 0 Å². The van der Waals surface area contributed by atoms with Gasteiger partial charge in [-0.1, -0.05) is 24.3 Å². The van der Waals surface area contributed by atoms with Crippen LogP contribution in [0.25, 0.3) is 0 Å². The Bertz CT molecular complexity index is 594. The fourth-order valence-corrected chi connectivity index (χ4v) is 2.32. The molecule has 1 atom stereocenters. The summed E-state index contributed by atoms with van der Waals surface area (Å²) >= 11 is 0. The van der Waals surface area contributed by atoms with Gasteiger partial charge >= 0.3 is 0 Å². The van der Waals surface area contributed by atoms with Crippen molar-refractivity contribution >= 4 is 0 Å². The average Bonchev–Trinajstić information content (AvgIpc) is 3.34. The molecule has 3 rings (SSSR count). The van der Waals surface area contributed by atoms with Gasteiger partial charge in [-0.3, -0.25) is 5.84 Å². The minimum absolute atomic E-state index is 0.0740. The van der Waals surface area contributed by atoms with Gasteiger partial charge in [0.1, 0.15) is 11.5 Å². The number of hydrogen-bond acceptors (Lipinski definition) is 4. The van der Waals surface area contributed by atoms with Gasteiger partial charge in [-0.2, -0.15) is 0 Å². The largest absolute Gasteiger partial charge is 0.497 e. The van der Waals surface area contributed by atoms with Gasteiger partial charge in [0.2, 0.25) is 0 Å². The van der Waals surface area contributed by atoms with E-state index in [0.717, 1.165) is 22.6 Å². The highest BCUT2D eigenvalue weighted by molar-refractivity contribution is 5.38. The zero-order valence-corrected chi connectivity index (χ0v) is 12.1. The minimum Gasteiger partial charge on any atom is -0.497 e. The molecule has 1 aliphatic carbocycles. The number of hydrogen-bond donors (Lipinski definition) is 2. The molecule has 0 saturated heterocycles. The number of nitrogens with one attached hydrogen (secondary N) is 1. The highest BCUT2D eigenvalue weighted by atomic mass is 16.5. The van der Waals surface area contributed by atoms with Crippen LogP contribution in [-0.4, -0.2) is 13.2 Å². The number of hydrazine groups is 1. The predicted molar refractivity (Wildman–Crippen MR) is 82.3 cm³/mol. The molecule has 0 radical (unpaired) electrons. The molecule has 110 valence electrons. The van der Waals surface area contributed by atoms with Gasteiger partial charge < -0.3 is 9.47 Å². The van der Waals surface area contributed by atoms with Crippen molar-refractivity contribution in [3.05, 3.63) is 59.7 Å². The molecule has 2 aromatic carbocycles. The lowest BCUT2D eigenvalue weighted by atomic mass is 9.99. The van der Waals surface area contributed by atoms with Gasteiger partial charge in [-0.05, 0) is 48.2 Å². The number of ether oxygens (including phenoxy) is 2. The second-order valence-corrected chi connectivity index (χ2v) is 5.26. The minimum atomic E-state index is -0.0740. The molecule has 1 aliphatic rings. The Hall–Kier alpha value is -2.04. The molecule has 1 unspecified atom stereocenters. The van der Waals surface area contributed by atoms with Crippen LogP contribution in [0.15, 0.2) is 48.5 Å². The second kappa shape index (κ2) is 6.16. The normalized spacial score (nSPS) is 15.5. The first-order valence-corrected chi connectivity index (χ1v) is 7.17. The third-order valence-electron chi connectivity index (χ3n) is 3.63. The standard InChI is InChI=1S/C17H20N2O2/c1-20-16-4-2-3-13(11-16)17(19-18)12-5-7-14(8-6-12)21-15-9-10-15/h2-8,11,15,17,19H,9-10,18H2,1H3. The molecular weight excluding hydrogens is 264 g/mol. The summed E-state index contributed by atoms with van der Waals surface area (Å²) in [7, 11) is 1.66. The van der Waals surface area contributed by atoms with Gasteiger partial charge in [0.25, 0.3) is 0 Å². The fraction of sp³-hybridized carbons (Fsp3) is 0.294. The summed E-state index contributed by atoms with van der Waals surface area (Å²) in [6, 6.07) is 15.9. The third kappa shape index (κ3) is 3.35. The summed E-state index contributed by atoms with van der Waals surface area (Å²) in [6.07, 6.45) is 2.74. The lowest BCUT2D eigenvalue weighted by molar-refractivity contribution is 0.303. The summed E-state index contributed by atoms with van der Waals surface area (Å²) < 4.78 is 11.0. The SMILES string of the molecule is COc1cccc(C(NN)c2ccc(OC3CC3)cc2)c1. The lowest BCUT2D eigenvalue weighted by Crippen LogP contribution is -2.28. The van der Waals surface area contributed by atoms with E-state index in [1.807, 2.05) is 48.5 Å². The van der Waals surface area contributed by atoms with Crippen LogP contribution in [0.1, 0.15) is 30.0 Å². The van der Waals surface area contributed by atoms with E-state index in [9.17, 15) is 0 Å². The number of nitrogens with two attached hydrogens (primary N) is 1. The topological polar surface area (TPSA) is 56.5 Å². The molecule has 0 amide bonds. The molecule has 21 heavy (non-hydrogen) atoms. The Labute approximate surface area is 124 Å². The first-order valence-electron chi connectivity index (χ1n) is 7.17. The molecule has 3 N–H and O–H groups in total. The molecule has 0 bridgehead atoms. The fourth-order valence-electron chi connectivity index (χ4n) is 2.32. The van der Waals surface area contributed by atoms with Crippen LogP contribution in [0.2, 0.25) is 0 Å². The molecular formula is C17H20N2O2. The van der Waals surface area contributed by atoms with Crippen molar-refractivity contribution in [3.63, 3.8) is 0 Å². The van der Waals surface area contributed by atoms with Crippen LogP contribution in [0.3, 0.4) is 0 Å². The molecule has 4 nitrogen and oxygen atoms in total. The van der Waals surface area contributed by atoms with E-state index in [2.05, 4.69) is 5.43 Å². The lowest BCUT2D eigenvalue weighted by Gasteiger charge is -2.18. The van der Waals surface area contributed by atoms with Gasteiger partial charge in [0.15, 0.2) is 0 Å². The number of methoxy groups -OCH3 is 1. The molecule has 1 fully saturated rings. The van der Waals surface area contributed by atoms with E-state index in [4.69, 9.17) is 15.3 Å². The molecule has 1 saturated carbocycles. The van der Waals surface area contributed by atoms with E-state index in [0.29, 0.717) is 6.10 Å². The second-order valence-electron chi connectivity index (χ2n) is 5.26. The molecule has 4 heteroatoms. The Morgan fingerprint density at radius 1 is 1.05 bits per heavy atom. The highest BCUT2D eigenvalue weighted by Crippen LogP contribution is 2.29. The van der Waals surface area contributed by atoms with Crippen molar-refractivity contribution in [1.29, 1.82) is 0 Å². The average molecular weight is 284 g/mol. The van der Waals surface area contributed by atoms with Gasteiger partial charge in [0, 0.05) is 0 Å². The quantitative estimate of drug-likeness (QED) is 0.632. The van der Waals surface area contributed by atoms with Crippen molar-refractivity contribution in [2.24, 2.45) is 5.84 Å². The van der Waals surface area contributed by atoms with Crippen LogP contribution in [0.5, 0.6) is 11.5 Å². The Morgan fingerprint density at radius 3 is 2.43 bits per heavy atom. The Morgan fingerprint density at radius 2 is 1.81 bits per heavy atom. The number of rotatable bonds is 6. The maximum Gasteiger partial charge on any atom is 0.119 e.